The first-order valence-corrected chi connectivity index (χ1v) is 6.33. The van der Waals surface area contributed by atoms with Crippen molar-refractivity contribution in [1.29, 1.82) is 0 Å². The highest BCUT2D eigenvalue weighted by Gasteiger charge is 2.28. The van der Waals surface area contributed by atoms with Crippen LogP contribution in [0.3, 0.4) is 0 Å². The molecule has 0 amide bonds. The summed E-state index contributed by atoms with van der Waals surface area (Å²) in [5, 5.41) is 3.14. The third-order valence-corrected chi connectivity index (χ3v) is 3.01. The first-order chi connectivity index (χ1) is 9.41. The molecule has 2 rings (SSSR count). The monoisotopic (exact) mass is 283 g/mol. The Morgan fingerprint density at radius 1 is 1.40 bits per heavy atom. The molecule has 0 aromatic heterocycles. The van der Waals surface area contributed by atoms with Crippen molar-refractivity contribution >= 4 is 11.7 Å². The number of nitrogens with one attached hydrogen (secondary N) is 1. The van der Waals surface area contributed by atoms with Gasteiger partial charge in [-0.3, -0.25) is 0 Å². The molecular formula is C14H18FNO4. The molecule has 110 valence electrons. The third-order valence-electron chi connectivity index (χ3n) is 3.01. The van der Waals surface area contributed by atoms with E-state index in [0.29, 0.717) is 18.9 Å². The van der Waals surface area contributed by atoms with Gasteiger partial charge in [-0.2, -0.15) is 0 Å². The van der Waals surface area contributed by atoms with Crippen LogP contribution in [-0.2, 0) is 14.2 Å². The summed E-state index contributed by atoms with van der Waals surface area (Å²) < 4.78 is 29.1. The van der Waals surface area contributed by atoms with E-state index in [-0.39, 0.29) is 11.6 Å². The molecule has 1 aliphatic heterocycles. The summed E-state index contributed by atoms with van der Waals surface area (Å²) in [5.74, 6) is -1.90. The van der Waals surface area contributed by atoms with E-state index < -0.39 is 17.6 Å². The standard InChI is InChI=1S/C14H18FNO4/c1-14(2)19-7-10(8-20-14)16-9-4-5-12(15)11(6-9)13(17)18-3/h4-6,10,16H,7-8H2,1-3H3. The lowest BCUT2D eigenvalue weighted by Crippen LogP contribution is -2.45. The topological polar surface area (TPSA) is 56.8 Å². The fourth-order valence-corrected chi connectivity index (χ4v) is 1.89. The van der Waals surface area contributed by atoms with Crippen LogP contribution >= 0.6 is 0 Å². The summed E-state index contributed by atoms with van der Waals surface area (Å²) in [6.45, 7) is 4.63. The predicted molar refractivity (Wildman–Crippen MR) is 71.1 cm³/mol. The third kappa shape index (κ3) is 3.46. The second-order valence-corrected chi connectivity index (χ2v) is 5.05. The second-order valence-electron chi connectivity index (χ2n) is 5.05. The van der Waals surface area contributed by atoms with Crippen LogP contribution in [0, 0.1) is 5.82 Å². The van der Waals surface area contributed by atoms with Crippen molar-refractivity contribution in [3.05, 3.63) is 29.6 Å². The number of ether oxygens (including phenoxy) is 3. The molecule has 1 aromatic carbocycles. The SMILES string of the molecule is COC(=O)c1cc(NC2COC(C)(C)OC2)ccc1F. The van der Waals surface area contributed by atoms with E-state index in [1.165, 1.54) is 19.2 Å². The summed E-state index contributed by atoms with van der Waals surface area (Å²) in [5.41, 5.74) is 0.513. The van der Waals surface area contributed by atoms with Gasteiger partial charge in [-0.15, -0.1) is 0 Å². The van der Waals surface area contributed by atoms with Crippen LogP contribution in [-0.4, -0.2) is 38.1 Å². The number of rotatable bonds is 3. The summed E-state index contributed by atoms with van der Waals surface area (Å²) in [4.78, 5) is 11.4. The van der Waals surface area contributed by atoms with Gasteiger partial charge in [-0.1, -0.05) is 0 Å². The first kappa shape index (κ1) is 14.7. The summed E-state index contributed by atoms with van der Waals surface area (Å²) in [6, 6.07) is 4.14. The molecular weight excluding hydrogens is 265 g/mol. The second kappa shape index (κ2) is 5.76. The summed E-state index contributed by atoms with van der Waals surface area (Å²) in [6.07, 6.45) is 0. The number of halogens is 1. The molecule has 0 unspecified atom stereocenters. The minimum absolute atomic E-state index is 0.0565. The lowest BCUT2D eigenvalue weighted by Gasteiger charge is -2.35. The number of carbonyl (C=O) groups excluding carboxylic acids is 1. The highest BCUT2D eigenvalue weighted by Crippen LogP contribution is 2.21. The summed E-state index contributed by atoms with van der Waals surface area (Å²) in [7, 11) is 1.22. The van der Waals surface area contributed by atoms with Crippen molar-refractivity contribution < 1.29 is 23.4 Å². The van der Waals surface area contributed by atoms with Crippen LogP contribution in [0.4, 0.5) is 10.1 Å². The largest absolute Gasteiger partial charge is 0.465 e. The number of hydrogen-bond donors (Lipinski definition) is 1. The van der Waals surface area contributed by atoms with Crippen molar-refractivity contribution in [2.24, 2.45) is 0 Å². The van der Waals surface area contributed by atoms with Gasteiger partial charge in [0, 0.05) is 5.69 Å². The number of methoxy groups -OCH3 is 1. The Kier molecular flexibility index (Phi) is 4.25. The first-order valence-electron chi connectivity index (χ1n) is 6.33. The number of anilines is 1. The van der Waals surface area contributed by atoms with Gasteiger partial charge in [0.2, 0.25) is 0 Å². The van der Waals surface area contributed by atoms with E-state index in [4.69, 9.17) is 9.47 Å². The van der Waals surface area contributed by atoms with Crippen LogP contribution in [0.2, 0.25) is 0 Å². The number of esters is 1. The van der Waals surface area contributed by atoms with Gasteiger partial charge < -0.3 is 19.5 Å². The molecule has 1 heterocycles. The van der Waals surface area contributed by atoms with Gasteiger partial charge in [0.15, 0.2) is 5.79 Å². The molecule has 0 saturated carbocycles. The zero-order valence-electron chi connectivity index (χ0n) is 11.7. The molecule has 5 nitrogen and oxygen atoms in total. The van der Waals surface area contributed by atoms with Crippen LogP contribution in [0.15, 0.2) is 18.2 Å². The number of hydrogen-bond acceptors (Lipinski definition) is 5. The minimum atomic E-state index is -0.705. The van der Waals surface area contributed by atoms with Gasteiger partial charge >= 0.3 is 5.97 Å². The molecule has 1 fully saturated rings. The molecule has 0 spiro atoms. The van der Waals surface area contributed by atoms with Gasteiger partial charge in [0.05, 0.1) is 31.9 Å². The van der Waals surface area contributed by atoms with Crippen LogP contribution in [0.5, 0.6) is 0 Å². The zero-order valence-corrected chi connectivity index (χ0v) is 11.7. The minimum Gasteiger partial charge on any atom is -0.465 e. The molecule has 1 aromatic rings. The highest BCUT2D eigenvalue weighted by atomic mass is 19.1. The fourth-order valence-electron chi connectivity index (χ4n) is 1.89. The average molecular weight is 283 g/mol. The normalized spacial score (nSPS) is 18.6. The predicted octanol–water partition coefficient (Wildman–Crippen LogP) is 2.18. The van der Waals surface area contributed by atoms with Crippen molar-refractivity contribution in [3.63, 3.8) is 0 Å². The molecule has 1 aliphatic rings. The van der Waals surface area contributed by atoms with E-state index in [1.807, 2.05) is 13.8 Å². The molecule has 1 saturated heterocycles. The van der Waals surface area contributed by atoms with Crippen LogP contribution in [0.25, 0.3) is 0 Å². The Hall–Kier alpha value is -1.66. The number of carbonyl (C=O) groups is 1. The maximum absolute atomic E-state index is 13.5. The van der Waals surface area contributed by atoms with E-state index in [2.05, 4.69) is 10.1 Å². The van der Waals surface area contributed by atoms with E-state index >= 15 is 0 Å². The van der Waals surface area contributed by atoms with Gasteiger partial charge in [-0.05, 0) is 32.0 Å². The van der Waals surface area contributed by atoms with E-state index in [1.54, 1.807) is 6.07 Å². The Labute approximate surface area is 117 Å². The Morgan fingerprint density at radius 2 is 2.05 bits per heavy atom. The Balaban J connectivity index is 2.05. The smallest absolute Gasteiger partial charge is 0.340 e. The number of benzene rings is 1. The lowest BCUT2D eigenvalue weighted by molar-refractivity contribution is -0.247. The van der Waals surface area contributed by atoms with E-state index in [0.717, 1.165) is 0 Å². The fraction of sp³-hybridized carbons (Fsp3) is 0.500. The molecule has 0 radical (unpaired) electrons. The van der Waals surface area contributed by atoms with Crippen molar-refractivity contribution in [2.75, 3.05) is 25.6 Å². The quantitative estimate of drug-likeness (QED) is 0.862. The lowest BCUT2D eigenvalue weighted by atomic mass is 10.1. The molecule has 0 bridgehead atoms. The molecule has 20 heavy (non-hydrogen) atoms. The molecule has 0 aliphatic carbocycles. The van der Waals surface area contributed by atoms with Crippen molar-refractivity contribution in [1.82, 2.24) is 0 Å². The maximum atomic E-state index is 13.5. The van der Waals surface area contributed by atoms with Crippen molar-refractivity contribution in [2.45, 2.75) is 25.7 Å². The average Bonchev–Trinajstić information content (AvgIpc) is 2.42. The Bertz CT molecular complexity index is 494. The molecule has 1 N–H and O–H groups in total. The van der Waals surface area contributed by atoms with Gasteiger partial charge in [0.25, 0.3) is 0 Å². The maximum Gasteiger partial charge on any atom is 0.340 e. The van der Waals surface area contributed by atoms with E-state index in [9.17, 15) is 9.18 Å². The molecule has 0 atom stereocenters. The van der Waals surface area contributed by atoms with Crippen molar-refractivity contribution in [3.8, 4) is 0 Å². The van der Waals surface area contributed by atoms with Gasteiger partial charge in [-0.25, -0.2) is 9.18 Å². The van der Waals surface area contributed by atoms with Gasteiger partial charge in [0.1, 0.15) is 5.82 Å². The highest BCUT2D eigenvalue weighted by molar-refractivity contribution is 5.90. The zero-order chi connectivity index (χ0) is 14.8. The molecule has 6 heteroatoms. The summed E-state index contributed by atoms with van der Waals surface area (Å²) >= 11 is 0. The van der Waals surface area contributed by atoms with Crippen LogP contribution < -0.4 is 5.32 Å². The van der Waals surface area contributed by atoms with Crippen LogP contribution in [0.1, 0.15) is 24.2 Å². The Morgan fingerprint density at radius 3 is 2.65 bits per heavy atom.